The Morgan fingerprint density at radius 3 is 1.52 bits per heavy atom. The standard InChI is InChI=1S/C22H20N2O3/c1-15-3-9-18(10-4-15)23-21(25)16-5-11-19(12-6-16)24-22(26)17-7-13-20(27-2)14-8-17/h3-14H,1-2H3,(H,23,25)(H,24,26). The largest absolute Gasteiger partial charge is 0.497 e. The predicted molar refractivity (Wildman–Crippen MR) is 107 cm³/mol. The quantitative estimate of drug-likeness (QED) is 0.703. The molecule has 3 aromatic carbocycles. The van der Waals surface area contributed by atoms with Crippen LogP contribution < -0.4 is 15.4 Å². The highest BCUT2D eigenvalue weighted by molar-refractivity contribution is 6.06. The number of rotatable bonds is 5. The first-order valence-electron chi connectivity index (χ1n) is 8.48. The number of carbonyl (C=O) groups is 2. The van der Waals surface area contributed by atoms with Crippen molar-refractivity contribution in [3.05, 3.63) is 89.5 Å². The monoisotopic (exact) mass is 360 g/mol. The van der Waals surface area contributed by atoms with E-state index in [9.17, 15) is 9.59 Å². The van der Waals surface area contributed by atoms with Crippen LogP contribution in [0.15, 0.2) is 72.8 Å². The third kappa shape index (κ3) is 4.73. The molecule has 5 heteroatoms. The smallest absolute Gasteiger partial charge is 0.255 e. The molecular formula is C22H20N2O3. The van der Waals surface area contributed by atoms with Gasteiger partial charge >= 0.3 is 0 Å². The SMILES string of the molecule is COc1ccc(C(=O)Nc2ccc(C(=O)Nc3ccc(C)cc3)cc2)cc1. The molecule has 27 heavy (non-hydrogen) atoms. The summed E-state index contributed by atoms with van der Waals surface area (Å²) in [5.74, 6) is 0.261. The van der Waals surface area contributed by atoms with Crippen molar-refractivity contribution in [3.63, 3.8) is 0 Å². The Labute approximate surface area is 158 Å². The van der Waals surface area contributed by atoms with Gasteiger partial charge in [0.15, 0.2) is 0 Å². The van der Waals surface area contributed by atoms with E-state index in [1.54, 1.807) is 55.6 Å². The molecule has 0 aliphatic rings. The van der Waals surface area contributed by atoms with Crippen LogP contribution in [0.5, 0.6) is 5.75 Å². The molecule has 0 bridgehead atoms. The van der Waals surface area contributed by atoms with Crippen LogP contribution in [0.2, 0.25) is 0 Å². The van der Waals surface area contributed by atoms with Gasteiger partial charge in [-0.05, 0) is 67.6 Å². The number of carbonyl (C=O) groups excluding carboxylic acids is 2. The Bertz CT molecular complexity index is 931. The zero-order chi connectivity index (χ0) is 19.2. The third-order valence-electron chi connectivity index (χ3n) is 4.07. The van der Waals surface area contributed by atoms with Gasteiger partial charge in [-0.3, -0.25) is 9.59 Å². The molecule has 0 unspecified atom stereocenters. The molecule has 0 aliphatic heterocycles. The van der Waals surface area contributed by atoms with Gasteiger partial charge in [0.25, 0.3) is 11.8 Å². The molecule has 0 aliphatic carbocycles. The Morgan fingerprint density at radius 1 is 0.667 bits per heavy atom. The van der Waals surface area contributed by atoms with Crippen molar-refractivity contribution < 1.29 is 14.3 Å². The molecule has 3 rings (SSSR count). The lowest BCUT2D eigenvalue weighted by atomic mass is 10.1. The van der Waals surface area contributed by atoms with Crippen LogP contribution in [0, 0.1) is 6.92 Å². The van der Waals surface area contributed by atoms with Crippen LogP contribution in [0.4, 0.5) is 11.4 Å². The summed E-state index contributed by atoms with van der Waals surface area (Å²) >= 11 is 0. The molecular weight excluding hydrogens is 340 g/mol. The van der Waals surface area contributed by atoms with E-state index in [-0.39, 0.29) is 11.8 Å². The minimum absolute atomic E-state index is 0.202. The van der Waals surface area contributed by atoms with Crippen molar-refractivity contribution in [2.24, 2.45) is 0 Å². The lowest BCUT2D eigenvalue weighted by Crippen LogP contribution is -2.13. The first-order valence-corrected chi connectivity index (χ1v) is 8.48. The number of anilines is 2. The molecule has 2 amide bonds. The van der Waals surface area contributed by atoms with Crippen molar-refractivity contribution in [3.8, 4) is 5.75 Å². The van der Waals surface area contributed by atoms with Gasteiger partial charge in [-0.25, -0.2) is 0 Å². The van der Waals surface area contributed by atoms with Crippen LogP contribution in [-0.4, -0.2) is 18.9 Å². The fourth-order valence-corrected chi connectivity index (χ4v) is 2.49. The lowest BCUT2D eigenvalue weighted by molar-refractivity contribution is 0.102. The average Bonchev–Trinajstić information content (AvgIpc) is 2.70. The molecule has 0 saturated carbocycles. The highest BCUT2D eigenvalue weighted by Gasteiger charge is 2.09. The van der Waals surface area contributed by atoms with E-state index in [1.165, 1.54) is 0 Å². The molecule has 2 N–H and O–H groups in total. The van der Waals surface area contributed by atoms with E-state index < -0.39 is 0 Å². The van der Waals surface area contributed by atoms with Gasteiger partial charge in [-0.1, -0.05) is 17.7 Å². The number of nitrogens with one attached hydrogen (secondary N) is 2. The topological polar surface area (TPSA) is 67.4 Å². The summed E-state index contributed by atoms with van der Waals surface area (Å²) in [5.41, 5.74) is 3.52. The highest BCUT2D eigenvalue weighted by Crippen LogP contribution is 2.16. The molecule has 0 fully saturated rings. The summed E-state index contributed by atoms with van der Waals surface area (Å²) in [6.45, 7) is 1.99. The molecule has 3 aromatic rings. The molecule has 0 spiro atoms. The summed E-state index contributed by atoms with van der Waals surface area (Å²) in [5, 5.41) is 5.65. The first kappa shape index (κ1) is 18.2. The van der Waals surface area contributed by atoms with Crippen LogP contribution in [0.3, 0.4) is 0 Å². The molecule has 5 nitrogen and oxygen atoms in total. The van der Waals surface area contributed by atoms with Crippen LogP contribution in [-0.2, 0) is 0 Å². The maximum Gasteiger partial charge on any atom is 0.255 e. The number of benzene rings is 3. The second-order valence-electron chi connectivity index (χ2n) is 6.08. The lowest BCUT2D eigenvalue weighted by Gasteiger charge is -2.08. The zero-order valence-electron chi connectivity index (χ0n) is 15.2. The van der Waals surface area contributed by atoms with Gasteiger partial charge in [0.1, 0.15) is 5.75 Å². The minimum atomic E-state index is -0.227. The van der Waals surface area contributed by atoms with E-state index in [4.69, 9.17) is 4.74 Å². The van der Waals surface area contributed by atoms with E-state index in [0.717, 1.165) is 11.3 Å². The normalized spacial score (nSPS) is 10.1. The van der Waals surface area contributed by atoms with Crippen LogP contribution in [0.1, 0.15) is 26.3 Å². The van der Waals surface area contributed by atoms with Gasteiger partial charge in [-0.2, -0.15) is 0 Å². The number of amides is 2. The number of hydrogen-bond acceptors (Lipinski definition) is 3. The number of hydrogen-bond donors (Lipinski definition) is 2. The van der Waals surface area contributed by atoms with E-state index in [2.05, 4.69) is 10.6 Å². The Balaban J connectivity index is 1.62. The predicted octanol–water partition coefficient (Wildman–Crippen LogP) is 4.51. The Kier molecular flexibility index (Phi) is 5.52. The second kappa shape index (κ2) is 8.19. The first-order chi connectivity index (χ1) is 13.0. The maximum atomic E-state index is 12.3. The fraction of sp³-hybridized carbons (Fsp3) is 0.0909. The van der Waals surface area contributed by atoms with Crippen molar-refractivity contribution in [2.45, 2.75) is 6.92 Å². The van der Waals surface area contributed by atoms with E-state index >= 15 is 0 Å². The molecule has 136 valence electrons. The fourth-order valence-electron chi connectivity index (χ4n) is 2.49. The molecule has 0 saturated heterocycles. The average molecular weight is 360 g/mol. The molecule has 0 aromatic heterocycles. The summed E-state index contributed by atoms with van der Waals surface area (Å²) in [7, 11) is 1.58. The van der Waals surface area contributed by atoms with Gasteiger partial charge < -0.3 is 15.4 Å². The Hall–Kier alpha value is -3.60. The van der Waals surface area contributed by atoms with Gasteiger partial charge in [-0.15, -0.1) is 0 Å². The van der Waals surface area contributed by atoms with Crippen molar-refractivity contribution in [1.29, 1.82) is 0 Å². The van der Waals surface area contributed by atoms with Crippen LogP contribution >= 0.6 is 0 Å². The third-order valence-corrected chi connectivity index (χ3v) is 4.07. The van der Waals surface area contributed by atoms with Crippen molar-refractivity contribution >= 4 is 23.2 Å². The summed E-state index contributed by atoms with van der Waals surface area (Å²) in [6, 6.07) is 21.2. The molecule has 0 radical (unpaired) electrons. The molecule has 0 heterocycles. The van der Waals surface area contributed by atoms with Gasteiger partial charge in [0.05, 0.1) is 7.11 Å². The minimum Gasteiger partial charge on any atom is -0.497 e. The van der Waals surface area contributed by atoms with E-state index in [0.29, 0.717) is 22.6 Å². The number of methoxy groups -OCH3 is 1. The van der Waals surface area contributed by atoms with Gasteiger partial charge in [0.2, 0.25) is 0 Å². The maximum absolute atomic E-state index is 12.3. The van der Waals surface area contributed by atoms with Crippen molar-refractivity contribution in [2.75, 3.05) is 17.7 Å². The second-order valence-corrected chi connectivity index (χ2v) is 6.08. The van der Waals surface area contributed by atoms with Crippen LogP contribution in [0.25, 0.3) is 0 Å². The molecule has 0 atom stereocenters. The summed E-state index contributed by atoms with van der Waals surface area (Å²) < 4.78 is 5.08. The number of aryl methyl sites for hydroxylation is 1. The van der Waals surface area contributed by atoms with Gasteiger partial charge in [0, 0.05) is 22.5 Å². The summed E-state index contributed by atoms with van der Waals surface area (Å²) in [4.78, 5) is 24.6. The Morgan fingerprint density at radius 2 is 1.07 bits per heavy atom. The summed E-state index contributed by atoms with van der Waals surface area (Å²) in [6.07, 6.45) is 0. The van der Waals surface area contributed by atoms with E-state index in [1.807, 2.05) is 31.2 Å². The number of ether oxygens (including phenoxy) is 1. The zero-order valence-corrected chi connectivity index (χ0v) is 15.2. The highest BCUT2D eigenvalue weighted by atomic mass is 16.5. The van der Waals surface area contributed by atoms with Crippen molar-refractivity contribution in [1.82, 2.24) is 0 Å².